The molecular weight excluding hydrogens is 321 g/mol. The van der Waals surface area contributed by atoms with Crippen molar-refractivity contribution in [3.63, 3.8) is 0 Å². The van der Waals surface area contributed by atoms with Crippen molar-refractivity contribution >= 4 is 35.9 Å². The molecule has 0 bridgehead atoms. The van der Waals surface area contributed by atoms with E-state index in [1.54, 1.807) is 0 Å². The van der Waals surface area contributed by atoms with Gasteiger partial charge in [-0.2, -0.15) is 0 Å². The molecule has 0 amide bonds. The molecule has 1 rings (SSSR count). The van der Waals surface area contributed by atoms with Crippen molar-refractivity contribution in [3.8, 4) is 0 Å². The fourth-order valence-electron chi connectivity index (χ4n) is 1.71. The number of guanidine groups is 2. The summed E-state index contributed by atoms with van der Waals surface area (Å²) in [5, 5.41) is 3.48. The molecule has 5 nitrogen and oxygen atoms in total. The van der Waals surface area contributed by atoms with E-state index in [4.69, 9.17) is 23.1 Å². The van der Waals surface area contributed by atoms with Gasteiger partial charge in [-0.05, 0) is 24.1 Å². The molecule has 0 aliphatic heterocycles. The van der Waals surface area contributed by atoms with Crippen LogP contribution < -0.4 is 16.8 Å². The lowest BCUT2D eigenvalue weighted by Gasteiger charge is -2.05. The van der Waals surface area contributed by atoms with Crippen LogP contribution in [0.4, 0.5) is 0 Å². The van der Waals surface area contributed by atoms with Gasteiger partial charge in [-0.15, -0.1) is 12.4 Å². The molecule has 7 heteroatoms. The van der Waals surface area contributed by atoms with Gasteiger partial charge in [-0.1, -0.05) is 49.9 Å². The minimum atomic E-state index is 0. The van der Waals surface area contributed by atoms with E-state index in [-0.39, 0.29) is 18.4 Å². The highest BCUT2D eigenvalue weighted by Crippen LogP contribution is 2.09. The first-order valence-electron chi connectivity index (χ1n) is 7.23. The van der Waals surface area contributed by atoms with Gasteiger partial charge in [0.1, 0.15) is 0 Å². The minimum Gasteiger partial charge on any atom is -0.370 e. The van der Waals surface area contributed by atoms with Crippen LogP contribution in [0.15, 0.2) is 34.3 Å². The van der Waals surface area contributed by atoms with E-state index in [1.165, 1.54) is 19.3 Å². The lowest BCUT2D eigenvalue weighted by molar-refractivity contribution is 0.674. The third-order valence-corrected chi connectivity index (χ3v) is 3.15. The number of aliphatic imine (C=N–C) groups is 2. The summed E-state index contributed by atoms with van der Waals surface area (Å²) in [6.45, 7) is 3.36. The summed E-state index contributed by atoms with van der Waals surface area (Å²) in [7, 11) is 0. The Morgan fingerprint density at radius 1 is 1.05 bits per heavy atom. The van der Waals surface area contributed by atoms with Crippen LogP contribution in [0.5, 0.6) is 0 Å². The zero-order chi connectivity index (χ0) is 15.5. The van der Waals surface area contributed by atoms with Crippen molar-refractivity contribution in [2.45, 2.75) is 39.2 Å². The maximum atomic E-state index is 5.82. The first-order chi connectivity index (χ1) is 10.1. The molecule has 0 fully saturated rings. The molecule has 0 saturated heterocycles. The number of nitrogens with one attached hydrogen (secondary N) is 1. The van der Waals surface area contributed by atoms with E-state index < -0.39 is 0 Å². The van der Waals surface area contributed by atoms with Crippen LogP contribution in [0.25, 0.3) is 0 Å². The maximum absolute atomic E-state index is 5.82. The summed E-state index contributed by atoms with van der Waals surface area (Å²) in [4.78, 5) is 8.41. The Morgan fingerprint density at radius 2 is 1.68 bits per heavy atom. The van der Waals surface area contributed by atoms with E-state index in [2.05, 4.69) is 22.2 Å². The summed E-state index contributed by atoms with van der Waals surface area (Å²) in [5.74, 6) is 0.573. The molecule has 0 aromatic heterocycles. The number of hydrogen-bond acceptors (Lipinski definition) is 2. The van der Waals surface area contributed by atoms with E-state index in [0.29, 0.717) is 24.1 Å². The minimum absolute atomic E-state index is 0. The Morgan fingerprint density at radius 3 is 2.32 bits per heavy atom. The van der Waals surface area contributed by atoms with Crippen LogP contribution >= 0.6 is 24.0 Å². The number of halogens is 2. The van der Waals surface area contributed by atoms with Crippen molar-refractivity contribution in [1.82, 2.24) is 5.32 Å². The summed E-state index contributed by atoms with van der Waals surface area (Å²) in [6.07, 6.45) is 4.65. The Hall–Kier alpha value is -1.46. The van der Waals surface area contributed by atoms with Gasteiger partial charge in [0.25, 0.3) is 0 Å². The molecule has 124 valence electrons. The largest absolute Gasteiger partial charge is 0.370 e. The van der Waals surface area contributed by atoms with E-state index in [9.17, 15) is 0 Å². The number of unbranched alkanes of at least 4 members (excludes halogenated alkanes) is 3. The number of nitrogens with two attached hydrogens (primary N) is 2. The first-order valence-corrected chi connectivity index (χ1v) is 7.61. The average molecular weight is 346 g/mol. The molecule has 1 aromatic carbocycles. The van der Waals surface area contributed by atoms with Gasteiger partial charge in [0.15, 0.2) is 11.9 Å². The molecular formula is C15H25Cl2N5. The predicted molar refractivity (Wildman–Crippen MR) is 97.8 cm³/mol. The number of benzene rings is 1. The molecule has 0 unspecified atom stereocenters. The molecule has 0 heterocycles. The Kier molecular flexibility index (Phi) is 11.3. The summed E-state index contributed by atoms with van der Waals surface area (Å²) in [6, 6.07) is 7.46. The zero-order valence-electron chi connectivity index (χ0n) is 12.9. The van der Waals surface area contributed by atoms with Crippen molar-refractivity contribution in [1.29, 1.82) is 0 Å². The van der Waals surface area contributed by atoms with Gasteiger partial charge in [0.05, 0.1) is 6.54 Å². The van der Waals surface area contributed by atoms with E-state index in [0.717, 1.165) is 12.0 Å². The van der Waals surface area contributed by atoms with Crippen LogP contribution in [0.2, 0.25) is 5.02 Å². The average Bonchev–Trinajstić information content (AvgIpc) is 2.46. The van der Waals surface area contributed by atoms with Gasteiger partial charge in [-0.3, -0.25) is 10.3 Å². The van der Waals surface area contributed by atoms with E-state index in [1.807, 2.05) is 24.3 Å². The molecule has 0 radical (unpaired) electrons. The third kappa shape index (κ3) is 9.47. The number of nitrogens with zero attached hydrogens (tertiary/aromatic N) is 2. The van der Waals surface area contributed by atoms with Crippen LogP contribution in [0.1, 0.15) is 38.2 Å². The smallest absolute Gasteiger partial charge is 0.195 e. The van der Waals surface area contributed by atoms with Gasteiger partial charge in [-0.25, -0.2) is 4.99 Å². The molecule has 0 aliphatic rings. The molecule has 0 atom stereocenters. The van der Waals surface area contributed by atoms with Crippen molar-refractivity contribution in [2.24, 2.45) is 21.5 Å². The zero-order valence-corrected chi connectivity index (χ0v) is 14.5. The van der Waals surface area contributed by atoms with Crippen LogP contribution in [-0.2, 0) is 6.54 Å². The molecule has 0 saturated carbocycles. The number of hydrogen-bond donors (Lipinski definition) is 3. The second kappa shape index (κ2) is 12.1. The lowest BCUT2D eigenvalue weighted by atomic mass is 10.2. The molecule has 0 spiro atoms. The van der Waals surface area contributed by atoms with Crippen molar-refractivity contribution in [2.75, 3.05) is 6.54 Å². The molecule has 22 heavy (non-hydrogen) atoms. The second-order valence-corrected chi connectivity index (χ2v) is 5.22. The molecule has 0 aliphatic carbocycles. The highest BCUT2D eigenvalue weighted by molar-refractivity contribution is 6.30. The van der Waals surface area contributed by atoms with Gasteiger partial charge in [0.2, 0.25) is 0 Å². The van der Waals surface area contributed by atoms with Gasteiger partial charge in [0, 0.05) is 11.6 Å². The maximum Gasteiger partial charge on any atom is 0.195 e. The lowest BCUT2D eigenvalue weighted by Crippen LogP contribution is -2.41. The normalized spacial score (nSPS) is 11.9. The summed E-state index contributed by atoms with van der Waals surface area (Å²) < 4.78 is 0. The van der Waals surface area contributed by atoms with Crippen LogP contribution in [-0.4, -0.2) is 18.5 Å². The predicted octanol–water partition coefficient (Wildman–Crippen LogP) is 3.06. The van der Waals surface area contributed by atoms with E-state index >= 15 is 0 Å². The molecule has 5 N–H and O–H groups in total. The fourth-order valence-corrected chi connectivity index (χ4v) is 1.84. The monoisotopic (exact) mass is 345 g/mol. The Labute approximate surface area is 143 Å². The van der Waals surface area contributed by atoms with Gasteiger partial charge >= 0.3 is 0 Å². The van der Waals surface area contributed by atoms with Crippen molar-refractivity contribution < 1.29 is 0 Å². The Balaban J connectivity index is 0.00000441. The number of rotatable bonds is 7. The quantitative estimate of drug-likeness (QED) is 0.403. The molecule has 1 aromatic rings. The highest BCUT2D eigenvalue weighted by Gasteiger charge is 1.96. The highest BCUT2D eigenvalue weighted by atomic mass is 35.5. The summed E-state index contributed by atoms with van der Waals surface area (Å²) >= 11 is 5.82. The first kappa shape index (κ1) is 20.5. The second-order valence-electron chi connectivity index (χ2n) is 4.78. The third-order valence-electron chi connectivity index (χ3n) is 2.90. The Bertz CT molecular complexity index is 471. The van der Waals surface area contributed by atoms with Crippen molar-refractivity contribution in [3.05, 3.63) is 34.9 Å². The standard InChI is InChI=1S/C15H24ClN5.ClH/c1-2-3-4-5-10-19-14(17)21-15(18)20-11-12-6-8-13(16)9-7-12;/h6-9H,2-5,10-11H2,1H3,(H5,17,18,19,20,21);1H. The summed E-state index contributed by atoms with van der Waals surface area (Å²) in [5.41, 5.74) is 12.5. The SMILES string of the molecule is CCCCCCN=C(N)NC(N)=NCc1ccc(Cl)cc1.Cl. The topological polar surface area (TPSA) is 88.8 Å². The van der Waals surface area contributed by atoms with Crippen LogP contribution in [0, 0.1) is 0 Å². The van der Waals surface area contributed by atoms with Crippen LogP contribution in [0.3, 0.4) is 0 Å². The van der Waals surface area contributed by atoms with Gasteiger partial charge < -0.3 is 11.5 Å². The fraction of sp³-hybridized carbons (Fsp3) is 0.467.